The number of alkyl halides is 1. The molecule has 0 bridgehead atoms. The smallest absolute Gasteiger partial charge is 0.205 e. The van der Waals surface area contributed by atoms with Crippen molar-refractivity contribution in [3.63, 3.8) is 0 Å². The third kappa shape index (κ3) is 5.87. The Kier molecular flexibility index (Phi) is 8.82. The van der Waals surface area contributed by atoms with Gasteiger partial charge in [-0.05, 0) is 52.4 Å². The summed E-state index contributed by atoms with van der Waals surface area (Å²) < 4.78 is 6.20. The number of rotatable bonds is 10. The van der Waals surface area contributed by atoms with Crippen LogP contribution in [0.4, 0.5) is 0 Å². The molecule has 0 amide bonds. The zero-order valence-corrected chi connectivity index (χ0v) is 27.5. The maximum Gasteiger partial charge on any atom is 0.205 e. The standard InChI is InChI=1S/C41H34ClN5O/c1-29-26-39(38(27-42)30(2)43-29)48-28-31-22-24-32(25-23-31)36-20-12-13-21-37(36)40-44-46-47(45-40)41(33-14-6-3-7-15-33,34-16-8-4-9-17-34)35-18-10-5-11-19-35/h3-26H,27-28H2,1-2H3. The molecule has 0 N–H and O–H groups in total. The molecule has 7 rings (SSSR count). The van der Waals surface area contributed by atoms with Crippen LogP contribution >= 0.6 is 11.6 Å². The number of nitrogens with zero attached hydrogens (tertiary/aromatic N) is 5. The number of benzene rings is 5. The molecule has 2 aromatic heterocycles. The highest BCUT2D eigenvalue weighted by atomic mass is 35.5. The second-order valence-electron chi connectivity index (χ2n) is 11.7. The Labute approximate surface area is 285 Å². The highest BCUT2D eigenvalue weighted by Crippen LogP contribution is 2.40. The van der Waals surface area contributed by atoms with Crippen molar-refractivity contribution in [1.82, 2.24) is 25.2 Å². The van der Waals surface area contributed by atoms with Crippen LogP contribution in [-0.4, -0.2) is 25.2 Å². The Morgan fingerprint density at radius 3 is 1.77 bits per heavy atom. The third-order valence-electron chi connectivity index (χ3n) is 8.67. The first-order chi connectivity index (χ1) is 23.6. The molecule has 0 atom stereocenters. The molecule has 6 nitrogen and oxygen atoms in total. The molecule has 236 valence electrons. The summed E-state index contributed by atoms with van der Waals surface area (Å²) in [4.78, 5) is 6.28. The van der Waals surface area contributed by atoms with Gasteiger partial charge in [-0.2, -0.15) is 0 Å². The van der Waals surface area contributed by atoms with E-state index < -0.39 is 5.54 Å². The van der Waals surface area contributed by atoms with E-state index in [9.17, 15) is 0 Å². The first kappa shape index (κ1) is 31.0. The van der Waals surface area contributed by atoms with Gasteiger partial charge in [0.15, 0.2) is 5.54 Å². The molecule has 2 heterocycles. The molecule has 0 fully saturated rings. The molecule has 0 aliphatic heterocycles. The Morgan fingerprint density at radius 1 is 0.667 bits per heavy atom. The summed E-state index contributed by atoms with van der Waals surface area (Å²) in [6.45, 7) is 4.34. The van der Waals surface area contributed by atoms with Crippen LogP contribution in [0.2, 0.25) is 0 Å². The van der Waals surface area contributed by atoms with Gasteiger partial charge in [0, 0.05) is 28.6 Å². The minimum absolute atomic E-state index is 0.353. The summed E-state index contributed by atoms with van der Waals surface area (Å²) in [6.07, 6.45) is 0. The maximum atomic E-state index is 6.21. The van der Waals surface area contributed by atoms with Crippen LogP contribution in [0.5, 0.6) is 5.75 Å². The molecule has 7 heteroatoms. The van der Waals surface area contributed by atoms with Crippen molar-refractivity contribution in [2.24, 2.45) is 0 Å². The van der Waals surface area contributed by atoms with E-state index in [-0.39, 0.29) is 0 Å². The lowest BCUT2D eigenvalue weighted by Gasteiger charge is -2.34. The van der Waals surface area contributed by atoms with E-state index in [1.54, 1.807) is 4.80 Å². The monoisotopic (exact) mass is 647 g/mol. The van der Waals surface area contributed by atoms with E-state index in [2.05, 4.69) is 71.7 Å². The van der Waals surface area contributed by atoms with Crippen molar-refractivity contribution < 1.29 is 4.74 Å². The number of halogens is 1. The first-order valence-electron chi connectivity index (χ1n) is 15.9. The Balaban J connectivity index is 1.25. The van der Waals surface area contributed by atoms with Crippen molar-refractivity contribution in [2.75, 3.05) is 0 Å². The number of aryl methyl sites for hydroxylation is 2. The largest absolute Gasteiger partial charge is 0.488 e. The summed E-state index contributed by atoms with van der Waals surface area (Å²) >= 11 is 6.21. The van der Waals surface area contributed by atoms with Crippen molar-refractivity contribution in [3.05, 3.63) is 185 Å². The fourth-order valence-corrected chi connectivity index (χ4v) is 6.66. The van der Waals surface area contributed by atoms with Crippen LogP contribution in [0.15, 0.2) is 146 Å². The maximum absolute atomic E-state index is 6.21. The predicted octanol–water partition coefficient (Wildman–Crippen LogP) is 9.18. The third-order valence-corrected chi connectivity index (χ3v) is 8.93. The summed E-state index contributed by atoms with van der Waals surface area (Å²) in [5, 5.41) is 14.6. The molecule has 7 aromatic rings. The lowest BCUT2D eigenvalue weighted by Crippen LogP contribution is -2.39. The minimum atomic E-state index is -0.846. The van der Waals surface area contributed by atoms with Crippen molar-refractivity contribution in [2.45, 2.75) is 31.9 Å². The van der Waals surface area contributed by atoms with E-state index in [1.165, 1.54) is 0 Å². The second kappa shape index (κ2) is 13.6. The molecular weight excluding hydrogens is 614 g/mol. The molecule has 0 saturated carbocycles. The van der Waals surface area contributed by atoms with Crippen molar-refractivity contribution in [3.8, 4) is 28.3 Å². The van der Waals surface area contributed by atoms with Crippen LogP contribution in [0.3, 0.4) is 0 Å². The Bertz CT molecular complexity index is 2040. The number of aromatic nitrogens is 5. The fraction of sp³-hybridized carbons (Fsp3) is 0.122. The number of hydrogen-bond acceptors (Lipinski definition) is 5. The lowest BCUT2D eigenvalue weighted by molar-refractivity contribution is 0.303. The van der Waals surface area contributed by atoms with Gasteiger partial charge in [-0.3, -0.25) is 4.98 Å². The number of ether oxygens (including phenoxy) is 1. The minimum Gasteiger partial charge on any atom is -0.488 e. The second-order valence-corrected chi connectivity index (χ2v) is 12.0. The van der Waals surface area contributed by atoms with E-state index in [4.69, 9.17) is 31.7 Å². The van der Waals surface area contributed by atoms with Gasteiger partial charge < -0.3 is 4.74 Å². The normalized spacial score (nSPS) is 11.4. The topological polar surface area (TPSA) is 65.7 Å². The molecule has 0 saturated heterocycles. The molecule has 0 aliphatic carbocycles. The Morgan fingerprint density at radius 2 is 1.21 bits per heavy atom. The highest BCUT2D eigenvalue weighted by Gasteiger charge is 2.41. The quantitative estimate of drug-likeness (QED) is 0.109. The first-order valence-corrected chi connectivity index (χ1v) is 16.4. The predicted molar refractivity (Wildman–Crippen MR) is 191 cm³/mol. The number of tetrazole rings is 1. The summed E-state index contributed by atoms with van der Waals surface area (Å²) in [7, 11) is 0. The fourth-order valence-electron chi connectivity index (χ4n) is 6.33. The molecule has 0 unspecified atom stereocenters. The highest BCUT2D eigenvalue weighted by molar-refractivity contribution is 6.17. The van der Waals surface area contributed by atoms with Crippen LogP contribution in [0, 0.1) is 13.8 Å². The van der Waals surface area contributed by atoms with Gasteiger partial charge in [-0.1, -0.05) is 140 Å². The SMILES string of the molecule is Cc1cc(OCc2ccc(-c3ccccc3-c3nnn(C(c4ccccc4)(c4ccccc4)c4ccccc4)n3)cc2)c(CCl)c(C)n1. The number of pyridine rings is 1. The van der Waals surface area contributed by atoms with E-state index in [0.29, 0.717) is 18.3 Å². The van der Waals surface area contributed by atoms with Crippen molar-refractivity contribution >= 4 is 11.6 Å². The van der Waals surface area contributed by atoms with E-state index in [1.807, 2.05) is 92.7 Å². The molecule has 0 aliphatic rings. The van der Waals surface area contributed by atoms with E-state index >= 15 is 0 Å². The molecule has 5 aromatic carbocycles. The van der Waals surface area contributed by atoms with Gasteiger partial charge in [0.2, 0.25) is 5.82 Å². The summed E-state index contributed by atoms with van der Waals surface area (Å²) in [5.74, 6) is 1.67. The summed E-state index contributed by atoms with van der Waals surface area (Å²) in [5.41, 5.74) is 8.98. The Hall–Kier alpha value is -5.59. The van der Waals surface area contributed by atoms with Crippen LogP contribution < -0.4 is 4.74 Å². The molecule has 48 heavy (non-hydrogen) atoms. The average Bonchev–Trinajstić information content (AvgIpc) is 3.63. The van der Waals surface area contributed by atoms with E-state index in [0.717, 1.165) is 61.6 Å². The molecule has 0 radical (unpaired) electrons. The van der Waals surface area contributed by atoms with Crippen LogP contribution in [0.1, 0.15) is 39.2 Å². The van der Waals surface area contributed by atoms with Gasteiger partial charge >= 0.3 is 0 Å². The number of hydrogen-bond donors (Lipinski definition) is 0. The van der Waals surface area contributed by atoms with Gasteiger partial charge in [0.1, 0.15) is 12.4 Å². The molecule has 0 spiro atoms. The van der Waals surface area contributed by atoms with Gasteiger partial charge in [0.25, 0.3) is 0 Å². The van der Waals surface area contributed by atoms with Gasteiger partial charge in [-0.15, -0.1) is 26.6 Å². The van der Waals surface area contributed by atoms with Crippen molar-refractivity contribution in [1.29, 1.82) is 0 Å². The van der Waals surface area contributed by atoms with Gasteiger partial charge in [0.05, 0.1) is 5.88 Å². The van der Waals surface area contributed by atoms with Gasteiger partial charge in [-0.25, -0.2) is 0 Å². The summed E-state index contributed by atoms with van der Waals surface area (Å²) in [6, 6.07) is 49.6. The van der Waals surface area contributed by atoms with Crippen LogP contribution in [0.25, 0.3) is 22.5 Å². The lowest BCUT2D eigenvalue weighted by atomic mass is 9.77. The zero-order valence-electron chi connectivity index (χ0n) is 26.8. The molecular formula is C41H34ClN5O. The average molecular weight is 648 g/mol. The van der Waals surface area contributed by atoms with Crippen LogP contribution in [-0.2, 0) is 18.0 Å². The zero-order chi connectivity index (χ0) is 32.9.